The van der Waals surface area contributed by atoms with E-state index in [1.807, 2.05) is 0 Å². The summed E-state index contributed by atoms with van der Waals surface area (Å²) in [5, 5.41) is 23.6. The summed E-state index contributed by atoms with van der Waals surface area (Å²) < 4.78 is 5.90. The zero-order chi connectivity index (χ0) is 43.1. The number of esters is 1. The molecule has 3 atom stereocenters. The number of carbonyl (C=O) groups excluding carboxylic acids is 2. The fourth-order valence-corrected chi connectivity index (χ4v) is 7.14. The van der Waals surface area contributed by atoms with Crippen molar-refractivity contribution >= 4 is 11.9 Å². The van der Waals surface area contributed by atoms with Gasteiger partial charge in [0, 0.05) is 6.42 Å². The molecule has 0 aromatic heterocycles. The maximum Gasteiger partial charge on any atom is 0.306 e. The van der Waals surface area contributed by atoms with Gasteiger partial charge in [0.05, 0.1) is 25.2 Å². The van der Waals surface area contributed by atoms with Gasteiger partial charge in [-0.2, -0.15) is 0 Å². The number of carbonyl (C=O) groups is 2. The molecule has 3 unspecified atom stereocenters. The summed E-state index contributed by atoms with van der Waals surface area (Å²) in [7, 11) is 0. The summed E-state index contributed by atoms with van der Waals surface area (Å²) >= 11 is 0. The molecular formula is C53H93NO5. The van der Waals surface area contributed by atoms with E-state index in [-0.39, 0.29) is 24.9 Å². The minimum absolute atomic E-state index is 0.0524. The van der Waals surface area contributed by atoms with Crippen LogP contribution in [-0.4, -0.2) is 46.9 Å². The molecule has 1 amide bonds. The van der Waals surface area contributed by atoms with Crippen LogP contribution in [0.25, 0.3) is 0 Å². The molecule has 0 aromatic rings. The molecule has 0 radical (unpaired) electrons. The topological polar surface area (TPSA) is 95.9 Å². The van der Waals surface area contributed by atoms with Crippen molar-refractivity contribution in [1.82, 2.24) is 5.32 Å². The minimum atomic E-state index is -0.798. The largest absolute Gasteiger partial charge is 0.462 e. The molecule has 6 heteroatoms. The maximum absolute atomic E-state index is 13.1. The summed E-state index contributed by atoms with van der Waals surface area (Å²) in [6.07, 6.45) is 58.2. The van der Waals surface area contributed by atoms with Crippen LogP contribution in [0.1, 0.15) is 226 Å². The number of amides is 1. The molecule has 0 aliphatic heterocycles. The lowest BCUT2D eigenvalue weighted by atomic mass is 10.0. The van der Waals surface area contributed by atoms with E-state index in [4.69, 9.17) is 4.74 Å². The Kier molecular flexibility index (Phi) is 44.2. The van der Waals surface area contributed by atoms with Gasteiger partial charge in [-0.15, -0.1) is 0 Å². The van der Waals surface area contributed by atoms with Crippen molar-refractivity contribution in [2.24, 2.45) is 0 Å². The number of hydrogen-bond acceptors (Lipinski definition) is 5. The first-order valence-corrected chi connectivity index (χ1v) is 24.7. The number of rotatable bonds is 43. The Morgan fingerprint density at radius 3 is 1.37 bits per heavy atom. The van der Waals surface area contributed by atoms with Crippen molar-refractivity contribution in [3.8, 4) is 0 Å². The number of ether oxygens (including phenoxy) is 1. The van der Waals surface area contributed by atoms with Gasteiger partial charge in [0.1, 0.15) is 6.10 Å². The van der Waals surface area contributed by atoms with Crippen LogP contribution in [0, 0.1) is 0 Å². The highest BCUT2D eigenvalue weighted by Gasteiger charge is 2.24. The van der Waals surface area contributed by atoms with Gasteiger partial charge in [0.25, 0.3) is 0 Å². The third kappa shape index (κ3) is 41.8. The molecule has 0 rings (SSSR count). The zero-order valence-electron chi connectivity index (χ0n) is 38.6. The third-order valence-electron chi connectivity index (χ3n) is 10.9. The third-order valence-corrected chi connectivity index (χ3v) is 10.9. The predicted molar refractivity (Wildman–Crippen MR) is 255 cm³/mol. The Labute approximate surface area is 364 Å². The highest BCUT2D eigenvalue weighted by Crippen LogP contribution is 2.17. The molecule has 59 heavy (non-hydrogen) atoms. The van der Waals surface area contributed by atoms with E-state index in [0.29, 0.717) is 19.3 Å². The smallest absolute Gasteiger partial charge is 0.306 e. The van der Waals surface area contributed by atoms with Crippen molar-refractivity contribution in [3.63, 3.8) is 0 Å². The van der Waals surface area contributed by atoms with E-state index in [1.54, 1.807) is 0 Å². The van der Waals surface area contributed by atoms with Crippen LogP contribution in [-0.2, 0) is 14.3 Å². The van der Waals surface area contributed by atoms with E-state index in [2.05, 4.69) is 99.0 Å². The number of aliphatic hydroxyl groups excluding tert-OH is 2. The highest BCUT2D eigenvalue weighted by molar-refractivity contribution is 5.77. The van der Waals surface area contributed by atoms with Crippen LogP contribution in [0.15, 0.2) is 72.9 Å². The molecule has 0 fully saturated rings. The van der Waals surface area contributed by atoms with Gasteiger partial charge in [-0.3, -0.25) is 9.59 Å². The lowest BCUT2D eigenvalue weighted by molar-refractivity contribution is -0.151. The number of unbranched alkanes of at least 4 members (excludes halogenated alkanes) is 23. The molecule has 340 valence electrons. The van der Waals surface area contributed by atoms with Crippen molar-refractivity contribution in [3.05, 3.63) is 72.9 Å². The lowest BCUT2D eigenvalue weighted by Crippen LogP contribution is -2.46. The standard InChI is InChI=1S/C53H93NO5/c1-4-7-10-13-16-19-21-23-24-25-26-27-29-31-34-37-40-43-46-53(58)59-49(44-41-38-35-33-30-28-22-20-17-14-11-8-5-2)47-52(57)54-50(48-55)51(56)45-42-39-36-32-18-15-12-9-6-3/h8,11,14,17,20-27,49-51,55-56H,4-7,9-10,12-13,15-16,18-19,28-48H2,1-3H3,(H,54,57)/b11-8+,17-14+,22-20+,23-21+,25-24+,27-26+. The van der Waals surface area contributed by atoms with Crippen LogP contribution in [0.4, 0.5) is 0 Å². The number of nitrogens with one attached hydrogen (secondary N) is 1. The molecule has 3 N–H and O–H groups in total. The van der Waals surface area contributed by atoms with Crippen LogP contribution in [0.5, 0.6) is 0 Å². The molecule has 0 aromatic carbocycles. The van der Waals surface area contributed by atoms with E-state index < -0.39 is 18.2 Å². The first-order valence-electron chi connectivity index (χ1n) is 24.7. The normalized spacial score (nSPS) is 13.9. The lowest BCUT2D eigenvalue weighted by Gasteiger charge is -2.24. The number of allylic oxidation sites excluding steroid dienone is 12. The quantitative estimate of drug-likeness (QED) is 0.0323. The van der Waals surface area contributed by atoms with E-state index in [9.17, 15) is 19.8 Å². The second-order valence-corrected chi connectivity index (χ2v) is 16.6. The molecule has 6 nitrogen and oxygen atoms in total. The van der Waals surface area contributed by atoms with Gasteiger partial charge in [-0.25, -0.2) is 0 Å². The van der Waals surface area contributed by atoms with Crippen LogP contribution < -0.4 is 5.32 Å². The molecule has 0 heterocycles. The molecule has 0 aliphatic rings. The van der Waals surface area contributed by atoms with E-state index in [0.717, 1.165) is 103 Å². The van der Waals surface area contributed by atoms with E-state index in [1.165, 1.54) is 77.0 Å². The van der Waals surface area contributed by atoms with Gasteiger partial charge in [0.15, 0.2) is 0 Å². The summed E-state index contributed by atoms with van der Waals surface area (Å²) in [5.74, 6) is -0.522. The van der Waals surface area contributed by atoms with Crippen molar-refractivity contribution < 1.29 is 24.5 Å². The first kappa shape index (κ1) is 56.3. The molecule has 0 saturated heterocycles. The van der Waals surface area contributed by atoms with Gasteiger partial charge < -0.3 is 20.3 Å². The average Bonchev–Trinajstić information content (AvgIpc) is 3.23. The van der Waals surface area contributed by atoms with Crippen molar-refractivity contribution in [1.29, 1.82) is 0 Å². The monoisotopic (exact) mass is 824 g/mol. The maximum atomic E-state index is 13.1. The Balaban J connectivity index is 4.64. The molecule has 0 spiro atoms. The SMILES string of the molecule is CC/C=C/C=C/C=C/CCCCCCCC(CC(=O)NC(CO)C(O)CCCCCCCCCCC)OC(=O)CCCCCCC/C=C/C=C/C=C/CCCCCCC. The van der Waals surface area contributed by atoms with Crippen LogP contribution in [0.3, 0.4) is 0 Å². The van der Waals surface area contributed by atoms with Crippen molar-refractivity contribution in [2.75, 3.05) is 6.61 Å². The number of aliphatic hydroxyl groups is 2. The summed E-state index contributed by atoms with van der Waals surface area (Å²) in [5.41, 5.74) is 0. The average molecular weight is 824 g/mol. The highest BCUT2D eigenvalue weighted by atomic mass is 16.5. The fraction of sp³-hybridized carbons (Fsp3) is 0.736. The molecule has 0 bridgehead atoms. The van der Waals surface area contributed by atoms with Gasteiger partial charge in [-0.05, 0) is 70.6 Å². The summed E-state index contributed by atoms with van der Waals surface area (Å²) in [6.45, 7) is 6.30. The fourth-order valence-electron chi connectivity index (χ4n) is 7.14. The second-order valence-electron chi connectivity index (χ2n) is 16.6. The molecule has 0 aliphatic carbocycles. The minimum Gasteiger partial charge on any atom is -0.462 e. The zero-order valence-corrected chi connectivity index (χ0v) is 38.6. The van der Waals surface area contributed by atoms with Gasteiger partial charge >= 0.3 is 5.97 Å². The summed E-state index contributed by atoms with van der Waals surface area (Å²) in [4.78, 5) is 26.1. The Bertz CT molecular complexity index is 1110. The predicted octanol–water partition coefficient (Wildman–Crippen LogP) is 14.6. The van der Waals surface area contributed by atoms with Crippen molar-refractivity contribution in [2.45, 2.75) is 244 Å². The Morgan fingerprint density at radius 1 is 0.508 bits per heavy atom. The molecular weight excluding hydrogens is 731 g/mol. The van der Waals surface area contributed by atoms with Crippen LogP contribution in [0.2, 0.25) is 0 Å². The summed E-state index contributed by atoms with van der Waals surface area (Å²) in [6, 6.07) is -0.714. The molecule has 0 saturated carbocycles. The first-order chi connectivity index (χ1) is 29.0. The van der Waals surface area contributed by atoms with Gasteiger partial charge in [-0.1, -0.05) is 216 Å². The second kappa shape index (κ2) is 46.4. The van der Waals surface area contributed by atoms with Gasteiger partial charge in [0.2, 0.25) is 5.91 Å². The van der Waals surface area contributed by atoms with Crippen LogP contribution >= 0.6 is 0 Å². The Hall–Kier alpha value is -2.70. The Morgan fingerprint density at radius 2 is 0.915 bits per heavy atom. The number of hydrogen-bond donors (Lipinski definition) is 3. The van der Waals surface area contributed by atoms with E-state index >= 15 is 0 Å².